The Hall–Kier alpha value is -1.88. The molecule has 0 bridgehead atoms. The second-order valence-corrected chi connectivity index (χ2v) is 4.06. The molecule has 1 aliphatic rings. The number of carbonyl (C=O) groups excluding carboxylic acids is 2. The van der Waals surface area contributed by atoms with E-state index in [1.807, 2.05) is 18.2 Å². The first-order valence-electron chi connectivity index (χ1n) is 5.51. The van der Waals surface area contributed by atoms with Crippen molar-refractivity contribution in [3.8, 4) is 0 Å². The van der Waals surface area contributed by atoms with Crippen molar-refractivity contribution in [2.24, 2.45) is 5.73 Å². The summed E-state index contributed by atoms with van der Waals surface area (Å²) in [4.78, 5) is 24.4. The van der Waals surface area contributed by atoms with Crippen LogP contribution < -0.4 is 16.0 Å². The molecule has 0 fully saturated rings. The van der Waals surface area contributed by atoms with Gasteiger partial charge in [0.05, 0.1) is 6.42 Å². The van der Waals surface area contributed by atoms with E-state index in [0.29, 0.717) is 19.4 Å². The molecule has 0 aromatic heterocycles. The highest BCUT2D eigenvalue weighted by Gasteiger charge is 2.19. The van der Waals surface area contributed by atoms with Gasteiger partial charge in [-0.3, -0.25) is 9.59 Å². The predicted molar refractivity (Wildman–Crippen MR) is 65.9 cm³/mol. The highest BCUT2D eigenvalue weighted by atomic mass is 16.2. The molecule has 1 aliphatic heterocycles. The van der Waals surface area contributed by atoms with Gasteiger partial charge in [0.15, 0.2) is 0 Å². The van der Waals surface area contributed by atoms with Crippen LogP contribution in [0.1, 0.15) is 12.0 Å². The Kier molecular flexibility index (Phi) is 3.10. The van der Waals surface area contributed by atoms with Gasteiger partial charge in [-0.1, -0.05) is 0 Å². The lowest BCUT2D eigenvalue weighted by molar-refractivity contribution is -0.118. The van der Waals surface area contributed by atoms with Crippen LogP contribution in [0.5, 0.6) is 0 Å². The van der Waals surface area contributed by atoms with Gasteiger partial charge in [0, 0.05) is 31.4 Å². The van der Waals surface area contributed by atoms with Crippen molar-refractivity contribution in [1.82, 2.24) is 0 Å². The molecule has 3 N–H and O–H groups in total. The molecular formula is C12H15N3O2. The number of fused-ring (bicyclic) bond motifs is 1. The Morgan fingerprint density at radius 1 is 1.53 bits per heavy atom. The van der Waals surface area contributed by atoms with Crippen LogP contribution in [0.25, 0.3) is 0 Å². The minimum atomic E-state index is -0.0234. The summed E-state index contributed by atoms with van der Waals surface area (Å²) in [5, 5.41) is 2.76. The number of carbonyl (C=O) groups is 2. The van der Waals surface area contributed by atoms with E-state index in [0.717, 1.165) is 16.9 Å². The van der Waals surface area contributed by atoms with Crippen molar-refractivity contribution >= 4 is 23.2 Å². The Balaban J connectivity index is 2.21. The molecule has 2 amide bonds. The number of hydrogen-bond acceptors (Lipinski definition) is 3. The minimum absolute atomic E-state index is 0.00640. The van der Waals surface area contributed by atoms with Crippen LogP contribution in [0, 0.1) is 0 Å². The molecule has 2 rings (SSSR count). The molecule has 1 aromatic carbocycles. The molecule has 0 radical (unpaired) electrons. The monoisotopic (exact) mass is 233 g/mol. The fourth-order valence-corrected chi connectivity index (χ4v) is 1.86. The molecule has 1 heterocycles. The first kappa shape index (κ1) is 11.6. The normalized spacial score (nSPS) is 13.2. The van der Waals surface area contributed by atoms with Gasteiger partial charge in [-0.2, -0.15) is 0 Å². The number of hydrogen-bond donors (Lipinski definition) is 2. The van der Waals surface area contributed by atoms with Crippen LogP contribution in [-0.4, -0.2) is 25.4 Å². The molecular weight excluding hydrogens is 218 g/mol. The third-order valence-electron chi connectivity index (χ3n) is 2.83. The van der Waals surface area contributed by atoms with Gasteiger partial charge >= 0.3 is 0 Å². The van der Waals surface area contributed by atoms with Crippen LogP contribution in [0.2, 0.25) is 0 Å². The maximum Gasteiger partial charge on any atom is 0.228 e. The number of benzene rings is 1. The summed E-state index contributed by atoms with van der Waals surface area (Å²) >= 11 is 0. The lowest BCUT2D eigenvalue weighted by atomic mass is 10.1. The summed E-state index contributed by atoms with van der Waals surface area (Å²) < 4.78 is 0. The van der Waals surface area contributed by atoms with E-state index in [4.69, 9.17) is 5.73 Å². The maximum atomic E-state index is 11.7. The van der Waals surface area contributed by atoms with E-state index in [1.165, 1.54) is 0 Å². The minimum Gasteiger partial charge on any atom is -0.330 e. The standard InChI is InChI=1S/C12H15N3O2/c1-15(12(17)4-5-13)9-2-3-10-8(6-9)7-11(16)14-10/h2-3,6H,4-5,7,13H2,1H3,(H,14,16). The van der Waals surface area contributed by atoms with Crippen LogP contribution in [0.3, 0.4) is 0 Å². The van der Waals surface area contributed by atoms with E-state index in [1.54, 1.807) is 11.9 Å². The zero-order chi connectivity index (χ0) is 12.4. The molecule has 1 aromatic rings. The lowest BCUT2D eigenvalue weighted by Crippen LogP contribution is -2.28. The highest BCUT2D eigenvalue weighted by molar-refractivity contribution is 6.00. The van der Waals surface area contributed by atoms with Crippen molar-refractivity contribution in [2.75, 3.05) is 23.8 Å². The molecule has 0 saturated carbocycles. The van der Waals surface area contributed by atoms with Crippen LogP contribution >= 0.6 is 0 Å². The predicted octanol–water partition coefficient (Wildman–Crippen LogP) is 0.493. The van der Waals surface area contributed by atoms with Gasteiger partial charge < -0.3 is 16.0 Å². The quantitative estimate of drug-likeness (QED) is 0.798. The van der Waals surface area contributed by atoms with Gasteiger partial charge in [-0.05, 0) is 23.8 Å². The zero-order valence-corrected chi connectivity index (χ0v) is 9.69. The SMILES string of the molecule is CN(C(=O)CCN)c1ccc2c(c1)CC(=O)N2. The summed E-state index contributed by atoms with van der Waals surface area (Å²) in [5.41, 5.74) is 7.90. The number of anilines is 2. The Bertz CT molecular complexity index is 471. The number of amides is 2. The largest absolute Gasteiger partial charge is 0.330 e. The Morgan fingerprint density at radius 2 is 2.29 bits per heavy atom. The molecule has 0 unspecified atom stereocenters. The second kappa shape index (κ2) is 4.55. The summed E-state index contributed by atoms with van der Waals surface area (Å²) in [5.74, 6) is -0.0298. The molecule has 5 nitrogen and oxygen atoms in total. The molecule has 0 spiro atoms. The van der Waals surface area contributed by atoms with E-state index >= 15 is 0 Å². The first-order chi connectivity index (χ1) is 8.11. The van der Waals surface area contributed by atoms with Crippen molar-refractivity contribution in [1.29, 1.82) is 0 Å². The smallest absolute Gasteiger partial charge is 0.228 e. The van der Waals surface area contributed by atoms with Crippen LogP contribution in [0.4, 0.5) is 11.4 Å². The number of nitrogens with one attached hydrogen (secondary N) is 1. The summed E-state index contributed by atoms with van der Waals surface area (Å²) in [7, 11) is 1.71. The second-order valence-electron chi connectivity index (χ2n) is 4.06. The molecule has 0 aliphatic carbocycles. The molecule has 17 heavy (non-hydrogen) atoms. The molecule has 0 saturated heterocycles. The fraction of sp³-hybridized carbons (Fsp3) is 0.333. The van der Waals surface area contributed by atoms with Crippen LogP contribution in [-0.2, 0) is 16.0 Å². The summed E-state index contributed by atoms with van der Waals surface area (Å²) in [6.45, 7) is 0.341. The summed E-state index contributed by atoms with van der Waals surface area (Å²) in [6.07, 6.45) is 0.701. The molecule has 5 heteroatoms. The van der Waals surface area contributed by atoms with E-state index in [-0.39, 0.29) is 11.8 Å². The topological polar surface area (TPSA) is 75.4 Å². The van der Waals surface area contributed by atoms with Gasteiger partial charge in [0.1, 0.15) is 0 Å². The van der Waals surface area contributed by atoms with Gasteiger partial charge in [0.2, 0.25) is 11.8 Å². The van der Waals surface area contributed by atoms with Crippen LogP contribution in [0.15, 0.2) is 18.2 Å². The Labute approximate surface area is 99.6 Å². The van der Waals surface area contributed by atoms with E-state index in [9.17, 15) is 9.59 Å². The molecule has 0 atom stereocenters. The Morgan fingerprint density at radius 3 is 3.00 bits per heavy atom. The third-order valence-corrected chi connectivity index (χ3v) is 2.83. The maximum absolute atomic E-state index is 11.7. The van der Waals surface area contributed by atoms with Crippen molar-refractivity contribution in [3.05, 3.63) is 23.8 Å². The highest BCUT2D eigenvalue weighted by Crippen LogP contribution is 2.27. The van der Waals surface area contributed by atoms with E-state index in [2.05, 4.69) is 5.32 Å². The van der Waals surface area contributed by atoms with Gasteiger partial charge in [-0.15, -0.1) is 0 Å². The fourth-order valence-electron chi connectivity index (χ4n) is 1.86. The lowest BCUT2D eigenvalue weighted by Gasteiger charge is -2.17. The first-order valence-corrected chi connectivity index (χ1v) is 5.51. The summed E-state index contributed by atoms with van der Waals surface area (Å²) in [6, 6.07) is 5.50. The average molecular weight is 233 g/mol. The van der Waals surface area contributed by atoms with Crippen molar-refractivity contribution in [2.45, 2.75) is 12.8 Å². The number of nitrogens with two attached hydrogens (primary N) is 1. The molecule has 90 valence electrons. The average Bonchev–Trinajstić information content (AvgIpc) is 2.67. The number of nitrogens with zero attached hydrogens (tertiary/aromatic N) is 1. The third kappa shape index (κ3) is 2.29. The van der Waals surface area contributed by atoms with Crippen molar-refractivity contribution < 1.29 is 9.59 Å². The van der Waals surface area contributed by atoms with Gasteiger partial charge in [0.25, 0.3) is 0 Å². The van der Waals surface area contributed by atoms with Gasteiger partial charge in [-0.25, -0.2) is 0 Å². The van der Waals surface area contributed by atoms with Crippen molar-refractivity contribution in [3.63, 3.8) is 0 Å². The van der Waals surface area contributed by atoms with E-state index < -0.39 is 0 Å². The zero-order valence-electron chi connectivity index (χ0n) is 9.69. The number of rotatable bonds is 3.